The van der Waals surface area contributed by atoms with Crippen LogP contribution in [-0.4, -0.2) is 61.1 Å². The Morgan fingerprint density at radius 3 is 2.61 bits per heavy atom. The number of nitrogens with zero attached hydrogens (tertiary/aromatic N) is 2. The number of fused-ring (bicyclic) bond motifs is 1. The molecule has 124 valence electrons. The molecule has 2 heterocycles. The lowest BCUT2D eigenvalue weighted by atomic mass is 10.2. The van der Waals surface area contributed by atoms with E-state index in [2.05, 4.69) is 17.1 Å². The smallest absolute Gasteiger partial charge is 0.311 e. The molecule has 0 spiro atoms. The highest BCUT2D eigenvalue weighted by atomic mass is 16.7. The quantitative estimate of drug-likeness (QED) is 0.806. The monoisotopic (exact) mass is 319 g/mol. The Labute approximate surface area is 135 Å². The van der Waals surface area contributed by atoms with Crippen LogP contribution in [0.15, 0.2) is 18.2 Å². The van der Waals surface area contributed by atoms with Gasteiger partial charge in [0, 0.05) is 32.7 Å². The van der Waals surface area contributed by atoms with Crippen LogP contribution in [0.25, 0.3) is 0 Å². The van der Waals surface area contributed by atoms with E-state index in [1.54, 1.807) is 11.0 Å². The van der Waals surface area contributed by atoms with Crippen molar-refractivity contribution >= 4 is 11.8 Å². The molecule has 1 saturated heterocycles. The molecule has 0 atom stereocenters. The van der Waals surface area contributed by atoms with Gasteiger partial charge in [0.2, 0.25) is 6.79 Å². The SMILES string of the molecule is CCN1CCN(C(=O)C(=O)NCc2ccc3c(c2)OCO3)CC1. The lowest BCUT2D eigenvalue weighted by Gasteiger charge is -2.33. The van der Waals surface area contributed by atoms with Gasteiger partial charge in [0.1, 0.15) is 0 Å². The van der Waals surface area contributed by atoms with Crippen molar-refractivity contribution in [3.63, 3.8) is 0 Å². The Balaban J connectivity index is 1.50. The summed E-state index contributed by atoms with van der Waals surface area (Å²) in [5.74, 6) is 0.345. The zero-order valence-corrected chi connectivity index (χ0v) is 13.2. The number of amides is 2. The van der Waals surface area contributed by atoms with Gasteiger partial charge in [0.05, 0.1) is 0 Å². The first-order valence-corrected chi connectivity index (χ1v) is 7.85. The van der Waals surface area contributed by atoms with E-state index in [0.717, 1.165) is 25.2 Å². The summed E-state index contributed by atoms with van der Waals surface area (Å²) in [6, 6.07) is 5.46. The van der Waals surface area contributed by atoms with E-state index in [-0.39, 0.29) is 13.3 Å². The first-order valence-electron chi connectivity index (χ1n) is 7.85. The van der Waals surface area contributed by atoms with Crippen molar-refractivity contribution in [3.8, 4) is 11.5 Å². The second-order valence-electron chi connectivity index (χ2n) is 5.60. The molecule has 1 N–H and O–H groups in total. The summed E-state index contributed by atoms with van der Waals surface area (Å²) < 4.78 is 10.5. The third-order valence-electron chi connectivity index (χ3n) is 4.19. The predicted molar refractivity (Wildman–Crippen MR) is 83.1 cm³/mol. The Morgan fingerprint density at radius 1 is 1.13 bits per heavy atom. The van der Waals surface area contributed by atoms with Crippen LogP contribution in [0, 0.1) is 0 Å². The fourth-order valence-electron chi connectivity index (χ4n) is 2.72. The molecule has 2 aliphatic rings. The standard InChI is InChI=1S/C16H21N3O4/c1-2-18-5-7-19(8-6-18)16(21)15(20)17-10-12-3-4-13-14(9-12)23-11-22-13/h3-4,9H,2,5-8,10-11H2,1H3,(H,17,20). The van der Waals surface area contributed by atoms with Crippen molar-refractivity contribution < 1.29 is 19.1 Å². The van der Waals surface area contributed by atoms with Crippen LogP contribution in [0.5, 0.6) is 11.5 Å². The van der Waals surface area contributed by atoms with Crippen LogP contribution >= 0.6 is 0 Å². The number of hydrogen-bond donors (Lipinski definition) is 1. The number of benzene rings is 1. The molecule has 0 saturated carbocycles. The van der Waals surface area contributed by atoms with Crippen LogP contribution in [0.3, 0.4) is 0 Å². The van der Waals surface area contributed by atoms with Crippen LogP contribution in [0.1, 0.15) is 12.5 Å². The molecular weight excluding hydrogens is 298 g/mol. The fourth-order valence-corrected chi connectivity index (χ4v) is 2.72. The average molecular weight is 319 g/mol. The molecule has 0 bridgehead atoms. The number of piperazine rings is 1. The summed E-state index contributed by atoms with van der Waals surface area (Å²) in [7, 11) is 0. The van der Waals surface area contributed by atoms with Crippen molar-refractivity contribution in [3.05, 3.63) is 23.8 Å². The molecule has 1 aromatic carbocycles. The molecule has 7 heteroatoms. The Bertz CT molecular complexity index is 597. The molecule has 7 nitrogen and oxygen atoms in total. The number of carbonyl (C=O) groups excluding carboxylic acids is 2. The highest BCUT2D eigenvalue weighted by molar-refractivity contribution is 6.35. The zero-order valence-electron chi connectivity index (χ0n) is 13.2. The third kappa shape index (κ3) is 3.56. The molecule has 0 radical (unpaired) electrons. The average Bonchev–Trinajstić information content (AvgIpc) is 3.06. The minimum Gasteiger partial charge on any atom is -0.454 e. The van der Waals surface area contributed by atoms with E-state index in [1.165, 1.54) is 0 Å². The van der Waals surface area contributed by atoms with Crippen molar-refractivity contribution in [2.75, 3.05) is 39.5 Å². The lowest BCUT2D eigenvalue weighted by Crippen LogP contribution is -2.52. The van der Waals surface area contributed by atoms with Crippen molar-refractivity contribution in [2.45, 2.75) is 13.5 Å². The number of hydrogen-bond acceptors (Lipinski definition) is 5. The van der Waals surface area contributed by atoms with E-state index >= 15 is 0 Å². The molecule has 2 amide bonds. The highest BCUT2D eigenvalue weighted by Gasteiger charge is 2.25. The van der Waals surface area contributed by atoms with Gasteiger partial charge in [-0.25, -0.2) is 0 Å². The summed E-state index contributed by atoms with van der Waals surface area (Å²) in [5, 5.41) is 2.67. The first-order chi connectivity index (χ1) is 11.2. The molecule has 0 unspecified atom stereocenters. The minimum absolute atomic E-state index is 0.216. The number of ether oxygens (including phenoxy) is 2. The van der Waals surface area contributed by atoms with Gasteiger partial charge >= 0.3 is 11.8 Å². The zero-order chi connectivity index (χ0) is 16.2. The van der Waals surface area contributed by atoms with E-state index < -0.39 is 11.8 Å². The van der Waals surface area contributed by atoms with Crippen LogP contribution < -0.4 is 14.8 Å². The van der Waals surface area contributed by atoms with E-state index in [1.807, 2.05) is 12.1 Å². The molecule has 0 aliphatic carbocycles. The highest BCUT2D eigenvalue weighted by Crippen LogP contribution is 2.32. The Kier molecular flexibility index (Phi) is 4.66. The number of nitrogens with one attached hydrogen (secondary N) is 1. The molecule has 23 heavy (non-hydrogen) atoms. The fraction of sp³-hybridized carbons (Fsp3) is 0.500. The topological polar surface area (TPSA) is 71.1 Å². The lowest BCUT2D eigenvalue weighted by molar-refractivity contribution is -0.147. The molecule has 3 rings (SSSR count). The maximum atomic E-state index is 12.2. The van der Waals surface area contributed by atoms with Gasteiger partial charge in [-0.2, -0.15) is 0 Å². The summed E-state index contributed by atoms with van der Waals surface area (Å²) in [6.07, 6.45) is 0. The largest absolute Gasteiger partial charge is 0.454 e. The second kappa shape index (κ2) is 6.87. The molecule has 1 aromatic rings. The van der Waals surface area contributed by atoms with E-state index in [9.17, 15) is 9.59 Å². The van der Waals surface area contributed by atoms with Crippen LogP contribution in [-0.2, 0) is 16.1 Å². The van der Waals surface area contributed by atoms with Crippen molar-refractivity contribution in [1.82, 2.24) is 15.1 Å². The van der Waals surface area contributed by atoms with Crippen molar-refractivity contribution in [1.29, 1.82) is 0 Å². The maximum Gasteiger partial charge on any atom is 0.311 e. The normalized spacial score (nSPS) is 17.2. The number of likely N-dealkylation sites (N-methyl/N-ethyl adjacent to an activating group) is 1. The number of carbonyl (C=O) groups is 2. The third-order valence-corrected chi connectivity index (χ3v) is 4.19. The van der Waals surface area contributed by atoms with E-state index in [4.69, 9.17) is 9.47 Å². The Hall–Kier alpha value is -2.28. The maximum absolute atomic E-state index is 12.2. The van der Waals surface area contributed by atoms with Crippen LogP contribution in [0.2, 0.25) is 0 Å². The summed E-state index contributed by atoms with van der Waals surface area (Å²) in [5.41, 5.74) is 0.867. The van der Waals surface area contributed by atoms with Gasteiger partial charge in [0.15, 0.2) is 11.5 Å². The number of rotatable bonds is 3. The Morgan fingerprint density at radius 2 is 1.87 bits per heavy atom. The van der Waals surface area contributed by atoms with Gasteiger partial charge in [-0.1, -0.05) is 13.0 Å². The first kappa shape index (κ1) is 15.6. The minimum atomic E-state index is -0.562. The second-order valence-corrected chi connectivity index (χ2v) is 5.60. The van der Waals surface area contributed by atoms with Crippen LogP contribution in [0.4, 0.5) is 0 Å². The molecular formula is C16H21N3O4. The summed E-state index contributed by atoms with van der Waals surface area (Å²) in [6.45, 7) is 6.40. The molecule has 0 aromatic heterocycles. The van der Waals surface area contributed by atoms with E-state index in [0.29, 0.717) is 24.6 Å². The van der Waals surface area contributed by atoms with Gasteiger partial charge in [-0.05, 0) is 24.2 Å². The van der Waals surface area contributed by atoms with Crippen molar-refractivity contribution in [2.24, 2.45) is 0 Å². The molecule has 1 fully saturated rings. The molecule has 2 aliphatic heterocycles. The van der Waals surface area contributed by atoms with Gasteiger partial charge in [0.25, 0.3) is 0 Å². The summed E-state index contributed by atoms with van der Waals surface area (Å²) >= 11 is 0. The van der Waals surface area contributed by atoms with Gasteiger partial charge in [-0.15, -0.1) is 0 Å². The predicted octanol–water partition coefficient (Wildman–Crippen LogP) is 0.196. The van der Waals surface area contributed by atoms with Gasteiger partial charge in [-0.3, -0.25) is 9.59 Å². The van der Waals surface area contributed by atoms with Gasteiger partial charge < -0.3 is 24.6 Å². The summed E-state index contributed by atoms with van der Waals surface area (Å²) in [4.78, 5) is 28.1.